The zero-order valence-corrected chi connectivity index (χ0v) is 24.5. The number of thiocarbonyl (C=S) groups is 1. The van der Waals surface area contributed by atoms with Crippen molar-refractivity contribution >= 4 is 28.7 Å². The molecule has 41 heavy (non-hydrogen) atoms. The van der Waals surface area contributed by atoms with Crippen molar-refractivity contribution < 1.29 is 4.74 Å². The van der Waals surface area contributed by atoms with Gasteiger partial charge < -0.3 is 24.4 Å². The van der Waals surface area contributed by atoms with Gasteiger partial charge in [0, 0.05) is 48.7 Å². The summed E-state index contributed by atoms with van der Waals surface area (Å²) in [5.74, 6) is 1.58. The minimum Gasteiger partial charge on any atom is -0.457 e. The highest BCUT2D eigenvalue weighted by Crippen LogP contribution is 2.44. The lowest BCUT2D eigenvalue weighted by Crippen LogP contribution is -2.29. The molecular weight excluding hydrogens is 526 g/mol. The van der Waals surface area contributed by atoms with Gasteiger partial charge in [-0.15, -0.1) is 0 Å². The normalized spacial score (nSPS) is 16.5. The molecule has 0 saturated carbocycles. The fourth-order valence-electron chi connectivity index (χ4n) is 5.63. The van der Waals surface area contributed by atoms with E-state index in [1.807, 2.05) is 60.8 Å². The van der Waals surface area contributed by atoms with Gasteiger partial charge in [0.25, 0.3) is 0 Å². The van der Waals surface area contributed by atoms with Crippen molar-refractivity contribution in [3.05, 3.63) is 132 Å². The molecular formula is C34H33N5OS. The van der Waals surface area contributed by atoms with Gasteiger partial charge in [-0.3, -0.25) is 4.98 Å². The van der Waals surface area contributed by atoms with Crippen LogP contribution in [0.3, 0.4) is 0 Å². The lowest BCUT2D eigenvalue weighted by molar-refractivity contribution is 0.482. The Balaban J connectivity index is 1.40. The summed E-state index contributed by atoms with van der Waals surface area (Å²) in [6.07, 6.45) is 1.84. The molecule has 7 heteroatoms. The predicted octanol–water partition coefficient (Wildman–Crippen LogP) is 7.52. The van der Waals surface area contributed by atoms with Crippen LogP contribution in [-0.2, 0) is 0 Å². The maximum absolute atomic E-state index is 6.05. The second kappa shape index (κ2) is 11.1. The molecule has 1 saturated heterocycles. The summed E-state index contributed by atoms with van der Waals surface area (Å²) < 4.78 is 8.37. The standard InChI is InChI=1S/C34H33N5OS/c1-23-22-30(24(2)38(23)26-15-13-25(14-16-26)37(3)4)33-32(31-12-8-9-21-35-31)36-34(41)39(33)27-17-19-29(20-18-27)40-28-10-6-5-7-11-28/h5-22,32-33H,1-4H3,(H,36,41)/t32-,33+/m0/s1. The van der Waals surface area contributed by atoms with Crippen LogP contribution >= 0.6 is 12.2 Å². The van der Waals surface area contributed by atoms with Gasteiger partial charge >= 0.3 is 0 Å². The molecule has 1 aliphatic heterocycles. The zero-order chi connectivity index (χ0) is 28.5. The molecule has 0 aliphatic carbocycles. The van der Waals surface area contributed by atoms with Crippen molar-refractivity contribution in [1.82, 2.24) is 14.9 Å². The Morgan fingerprint density at radius 3 is 2.12 bits per heavy atom. The van der Waals surface area contributed by atoms with Crippen molar-refractivity contribution in [1.29, 1.82) is 0 Å². The Morgan fingerprint density at radius 2 is 1.46 bits per heavy atom. The molecule has 0 radical (unpaired) electrons. The minimum absolute atomic E-state index is 0.0979. The molecule has 2 atom stereocenters. The van der Waals surface area contributed by atoms with Crippen LogP contribution in [0.25, 0.3) is 5.69 Å². The number of nitrogens with one attached hydrogen (secondary N) is 1. The van der Waals surface area contributed by atoms with Gasteiger partial charge in [0.2, 0.25) is 0 Å². The second-order valence-electron chi connectivity index (χ2n) is 10.5. The molecule has 0 amide bonds. The number of benzene rings is 3. The van der Waals surface area contributed by atoms with E-state index in [2.05, 4.69) is 96.2 Å². The Labute approximate surface area is 246 Å². The number of hydrogen-bond acceptors (Lipinski definition) is 4. The average Bonchev–Trinajstić information content (AvgIpc) is 3.49. The van der Waals surface area contributed by atoms with E-state index < -0.39 is 0 Å². The first-order valence-electron chi connectivity index (χ1n) is 13.7. The van der Waals surface area contributed by atoms with E-state index in [-0.39, 0.29) is 12.1 Å². The van der Waals surface area contributed by atoms with Crippen LogP contribution in [0.2, 0.25) is 0 Å². The van der Waals surface area contributed by atoms with E-state index in [0.29, 0.717) is 5.11 Å². The van der Waals surface area contributed by atoms with Gasteiger partial charge in [0.05, 0.1) is 17.8 Å². The predicted molar refractivity (Wildman–Crippen MR) is 170 cm³/mol. The smallest absolute Gasteiger partial charge is 0.174 e. The number of rotatable bonds is 7. The van der Waals surface area contributed by atoms with E-state index in [0.717, 1.165) is 28.6 Å². The van der Waals surface area contributed by atoms with Gasteiger partial charge in [-0.2, -0.15) is 0 Å². The molecule has 3 heterocycles. The van der Waals surface area contributed by atoms with Crippen LogP contribution in [0, 0.1) is 13.8 Å². The highest BCUT2D eigenvalue weighted by Gasteiger charge is 2.42. The Morgan fingerprint density at radius 1 is 0.805 bits per heavy atom. The number of anilines is 2. The van der Waals surface area contributed by atoms with Crippen molar-refractivity contribution in [2.24, 2.45) is 0 Å². The quantitative estimate of drug-likeness (QED) is 0.208. The van der Waals surface area contributed by atoms with Gasteiger partial charge in [0.15, 0.2) is 5.11 Å². The molecule has 6 nitrogen and oxygen atoms in total. The van der Waals surface area contributed by atoms with E-state index in [1.165, 1.54) is 22.6 Å². The molecule has 1 aliphatic rings. The maximum Gasteiger partial charge on any atom is 0.174 e. The third-order valence-electron chi connectivity index (χ3n) is 7.61. The number of nitrogens with zero attached hydrogens (tertiary/aromatic N) is 4. The third kappa shape index (κ3) is 5.16. The number of aryl methyl sites for hydroxylation is 1. The Kier molecular flexibility index (Phi) is 7.20. The van der Waals surface area contributed by atoms with Crippen molar-refractivity contribution in [2.45, 2.75) is 25.9 Å². The van der Waals surface area contributed by atoms with E-state index in [4.69, 9.17) is 21.9 Å². The molecule has 6 rings (SSSR count). The van der Waals surface area contributed by atoms with Crippen LogP contribution in [0.15, 0.2) is 109 Å². The van der Waals surface area contributed by atoms with Crippen LogP contribution in [-0.4, -0.2) is 28.8 Å². The first-order valence-corrected chi connectivity index (χ1v) is 14.1. The lowest BCUT2D eigenvalue weighted by Gasteiger charge is -2.28. The molecule has 0 spiro atoms. The summed E-state index contributed by atoms with van der Waals surface area (Å²) in [7, 11) is 4.11. The summed E-state index contributed by atoms with van der Waals surface area (Å²) in [5.41, 5.74) is 7.78. The van der Waals surface area contributed by atoms with Crippen LogP contribution in [0.1, 0.15) is 34.7 Å². The minimum atomic E-state index is -0.117. The van der Waals surface area contributed by atoms with Crippen molar-refractivity contribution in [2.75, 3.05) is 23.9 Å². The summed E-state index contributed by atoms with van der Waals surface area (Å²) >= 11 is 5.97. The highest BCUT2D eigenvalue weighted by atomic mass is 32.1. The largest absolute Gasteiger partial charge is 0.457 e. The number of pyridine rings is 1. The molecule has 206 valence electrons. The molecule has 0 bridgehead atoms. The first kappa shape index (κ1) is 26.6. The first-order chi connectivity index (χ1) is 19.9. The summed E-state index contributed by atoms with van der Waals surface area (Å²) in [4.78, 5) is 9.05. The fraction of sp³-hybridized carbons (Fsp3) is 0.176. The monoisotopic (exact) mass is 559 g/mol. The maximum atomic E-state index is 6.05. The molecule has 2 aromatic heterocycles. The summed E-state index contributed by atoms with van der Waals surface area (Å²) in [6, 6.07) is 34.7. The SMILES string of the molecule is Cc1cc([C@@H]2[C@H](c3ccccn3)NC(=S)N2c2ccc(Oc3ccccc3)cc2)c(C)n1-c1ccc(N(C)C)cc1. The van der Waals surface area contributed by atoms with E-state index in [1.54, 1.807) is 0 Å². The fourth-order valence-corrected chi connectivity index (χ4v) is 5.98. The van der Waals surface area contributed by atoms with Crippen LogP contribution < -0.4 is 19.9 Å². The van der Waals surface area contributed by atoms with Gasteiger partial charge in [-0.25, -0.2) is 0 Å². The number of aromatic nitrogens is 2. The molecule has 5 aromatic rings. The van der Waals surface area contributed by atoms with Gasteiger partial charge in [-0.05, 0) is 110 Å². The third-order valence-corrected chi connectivity index (χ3v) is 7.92. The molecule has 3 aromatic carbocycles. The zero-order valence-electron chi connectivity index (χ0n) is 23.7. The topological polar surface area (TPSA) is 45.6 Å². The number of ether oxygens (including phenoxy) is 1. The van der Waals surface area contributed by atoms with Crippen molar-refractivity contribution in [3.8, 4) is 17.2 Å². The second-order valence-corrected chi connectivity index (χ2v) is 10.9. The summed E-state index contributed by atoms with van der Waals surface area (Å²) in [5, 5.41) is 4.26. The van der Waals surface area contributed by atoms with Crippen LogP contribution in [0.4, 0.5) is 11.4 Å². The van der Waals surface area contributed by atoms with Crippen molar-refractivity contribution in [3.63, 3.8) is 0 Å². The average molecular weight is 560 g/mol. The highest BCUT2D eigenvalue weighted by molar-refractivity contribution is 7.80. The molecule has 1 N–H and O–H groups in total. The van der Waals surface area contributed by atoms with Gasteiger partial charge in [-0.1, -0.05) is 24.3 Å². The van der Waals surface area contributed by atoms with Crippen LogP contribution in [0.5, 0.6) is 11.5 Å². The molecule has 0 unspecified atom stereocenters. The van der Waals surface area contributed by atoms with E-state index >= 15 is 0 Å². The summed E-state index contributed by atoms with van der Waals surface area (Å²) in [6.45, 7) is 4.35. The lowest BCUT2D eigenvalue weighted by atomic mass is 9.96. The Hall–Kier alpha value is -4.62. The molecule has 1 fully saturated rings. The van der Waals surface area contributed by atoms with Gasteiger partial charge in [0.1, 0.15) is 11.5 Å². The van der Waals surface area contributed by atoms with E-state index in [9.17, 15) is 0 Å². The number of para-hydroxylation sites is 1. The Bertz CT molecular complexity index is 1650. The number of hydrogen-bond donors (Lipinski definition) is 1.